The highest BCUT2D eigenvalue weighted by atomic mass is 32.2. The first-order valence-electron chi connectivity index (χ1n) is 11.8. The van der Waals surface area contributed by atoms with E-state index in [1.54, 1.807) is 66.7 Å². The van der Waals surface area contributed by atoms with Gasteiger partial charge in [0.2, 0.25) is 5.90 Å². The molecule has 0 spiro atoms. The molecule has 194 valence electrons. The molecule has 10 heteroatoms. The summed E-state index contributed by atoms with van der Waals surface area (Å²) in [5.41, 5.74) is 1.80. The van der Waals surface area contributed by atoms with Gasteiger partial charge in [-0.05, 0) is 42.0 Å². The number of aliphatic imine (C=N–C) groups is 1. The van der Waals surface area contributed by atoms with Crippen molar-refractivity contribution in [1.82, 2.24) is 5.43 Å². The van der Waals surface area contributed by atoms with Gasteiger partial charge in [0.1, 0.15) is 5.75 Å². The lowest BCUT2D eigenvalue weighted by Gasteiger charge is -2.29. The molecule has 0 saturated carbocycles. The first-order chi connectivity index (χ1) is 17.9. The Morgan fingerprint density at radius 3 is 2.30 bits per heavy atom. The molecular weight excluding hydrogens is 494 g/mol. The summed E-state index contributed by atoms with van der Waals surface area (Å²) in [5, 5.41) is 8.93. The van der Waals surface area contributed by atoms with Crippen LogP contribution in [0.15, 0.2) is 94.8 Å². The second-order valence-corrected chi connectivity index (χ2v) is 10.7. The number of benzene rings is 3. The number of aliphatic hydroxyl groups excluding tert-OH is 1. The summed E-state index contributed by atoms with van der Waals surface area (Å²) in [4.78, 5) is 18.1. The Balaban J connectivity index is 1.70. The number of nitrogens with two attached hydrogens (primary N) is 1. The highest BCUT2D eigenvalue weighted by molar-refractivity contribution is 7.91. The smallest absolute Gasteiger partial charge is 0.266 e. The van der Waals surface area contributed by atoms with E-state index >= 15 is 0 Å². The fourth-order valence-electron chi connectivity index (χ4n) is 4.16. The molecule has 37 heavy (non-hydrogen) atoms. The minimum absolute atomic E-state index is 0.0366. The van der Waals surface area contributed by atoms with E-state index < -0.39 is 27.4 Å². The van der Waals surface area contributed by atoms with Crippen LogP contribution in [0.3, 0.4) is 0 Å². The number of aliphatic hydroxyl groups is 1. The molecule has 0 bridgehead atoms. The van der Waals surface area contributed by atoms with Crippen LogP contribution in [0, 0.1) is 0 Å². The number of rotatable bonds is 11. The third-order valence-corrected chi connectivity index (χ3v) is 7.85. The zero-order valence-corrected chi connectivity index (χ0v) is 20.9. The van der Waals surface area contributed by atoms with Gasteiger partial charge in [-0.15, -0.1) is 0 Å². The van der Waals surface area contributed by atoms with Crippen LogP contribution in [-0.2, 0) is 19.4 Å². The molecule has 2 atom stereocenters. The van der Waals surface area contributed by atoms with Crippen LogP contribution in [0.25, 0.3) is 0 Å². The van der Waals surface area contributed by atoms with Gasteiger partial charge in [0.25, 0.3) is 5.91 Å². The Bertz CT molecular complexity index is 1330. The Morgan fingerprint density at radius 1 is 1.03 bits per heavy atom. The Morgan fingerprint density at radius 2 is 1.68 bits per heavy atom. The number of sulfone groups is 1. The molecule has 4 N–H and O–H groups in total. The van der Waals surface area contributed by atoms with Crippen LogP contribution in [0.1, 0.15) is 30.1 Å². The van der Waals surface area contributed by atoms with Gasteiger partial charge in [-0.1, -0.05) is 48.5 Å². The van der Waals surface area contributed by atoms with Gasteiger partial charge >= 0.3 is 0 Å². The zero-order chi connectivity index (χ0) is 26.3. The quantitative estimate of drug-likeness (QED) is 0.152. The highest BCUT2D eigenvalue weighted by Crippen LogP contribution is 2.43. The summed E-state index contributed by atoms with van der Waals surface area (Å²) in [6, 6.07) is 24.1. The predicted molar refractivity (Wildman–Crippen MR) is 139 cm³/mol. The molecule has 3 aromatic carbocycles. The predicted octanol–water partition coefficient (Wildman–Crippen LogP) is 2.56. The molecule has 1 aliphatic rings. The summed E-state index contributed by atoms with van der Waals surface area (Å²) in [6.45, 7) is 0.411. The summed E-state index contributed by atoms with van der Waals surface area (Å²) in [5.74, 6) is 5.39. The van der Waals surface area contributed by atoms with Crippen LogP contribution in [0.5, 0.6) is 5.75 Å². The van der Waals surface area contributed by atoms with E-state index in [-0.39, 0.29) is 29.6 Å². The molecular formula is C27H29N3O6S. The molecule has 9 nitrogen and oxygen atoms in total. The number of nitrogens with zero attached hydrogens (tertiary/aromatic N) is 1. The maximum absolute atomic E-state index is 13.3. The maximum Gasteiger partial charge on any atom is 0.266 e. The van der Waals surface area contributed by atoms with Crippen LogP contribution < -0.4 is 16.0 Å². The monoisotopic (exact) mass is 523 g/mol. The van der Waals surface area contributed by atoms with Crippen molar-refractivity contribution < 1.29 is 27.8 Å². The van der Waals surface area contributed by atoms with Gasteiger partial charge in [-0.25, -0.2) is 19.3 Å². The first kappa shape index (κ1) is 26.3. The van der Waals surface area contributed by atoms with Gasteiger partial charge < -0.3 is 14.6 Å². The van der Waals surface area contributed by atoms with Crippen molar-refractivity contribution in [2.75, 3.05) is 19.0 Å². The second kappa shape index (κ2) is 11.5. The van der Waals surface area contributed by atoms with Crippen molar-refractivity contribution in [2.24, 2.45) is 10.8 Å². The third-order valence-electron chi connectivity index (χ3n) is 6.12. The van der Waals surface area contributed by atoms with E-state index in [0.29, 0.717) is 29.9 Å². The Kier molecular flexibility index (Phi) is 8.22. The van der Waals surface area contributed by atoms with Crippen molar-refractivity contribution >= 4 is 21.6 Å². The average molecular weight is 524 g/mol. The van der Waals surface area contributed by atoms with Crippen molar-refractivity contribution in [3.05, 3.63) is 96.1 Å². The molecule has 0 saturated heterocycles. The lowest BCUT2D eigenvalue weighted by molar-refractivity contribution is -0.129. The fourth-order valence-corrected chi connectivity index (χ4v) is 5.55. The highest BCUT2D eigenvalue weighted by Gasteiger charge is 2.53. The van der Waals surface area contributed by atoms with E-state index in [4.69, 9.17) is 20.4 Å². The summed E-state index contributed by atoms with van der Waals surface area (Å²) in [7, 11) is -3.71. The topological polar surface area (TPSA) is 140 Å². The normalized spacial score (nSPS) is 19.1. The molecule has 4 rings (SSSR count). The van der Waals surface area contributed by atoms with Gasteiger partial charge in [0.15, 0.2) is 21.5 Å². The molecule has 0 aliphatic carbocycles. The number of ether oxygens (including phenoxy) is 2. The SMILES string of the molecule is NNC(=O)[C@@]1(CCS(=O)(=O)c2ccccc2)N=C(c2ccc(OCCCO)cc2)O[C@H]1c1ccccc1. The molecule has 0 fully saturated rings. The fraction of sp³-hybridized carbons (Fsp3) is 0.259. The van der Waals surface area contributed by atoms with E-state index in [9.17, 15) is 13.2 Å². The van der Waals surface area contributed by atoms with E-state index in [0.717, 1.165) is 0 Å². The van der Waals surface area contributed by atoms with Crippen LogP contribution >= 0.6 is 0 Å². The Hall–Kier alpha value is -3.73. The number of hydrazine groups is 1. The van der Waals surface area contributed by atoms with E-state index in [1.807, 2.05) is 6.07 Å². The summed E-state index contributed by atoms with van der Waals surface area (Å²) in [6.07, 6.45) is -0.545. The Labute approximate surface area is 215 Å². The first-order valence-corrected chi connectivity index (χ1v) is 13.5. The van der Waals surface area contributed by atoms with Crippen molar-refractivity contribution in [3.8, 4) is 5.75 Å². The van der Waals surface area contributed by atoms with Gasteiger partial charge in [-0.3, -0.25) is 10.2 Å². The molecule has 0 aromatic heterocycles. The van der Waals surface area contributed by atoms with E-state index in [2.05, 4.69) is 10.4 Å². The number of nitrogens with one attached hydrogen (secondary N) is 1. The average Bonchev–Trinajstić information content (AvgIpc) is 3.34. The number of hydrogen-bond acceptors (Lipinski definition) is 8. The van der Waals surface area contributed by atoms with Crippen molar-refractivity contribution in [3.63, 3.8) is 0 Å². The summed E-state index contributed by atoms with van der Waals surface area (Å²) < 4.78 is 38.0. The number of carbonyl (C=O) groups is 1. The van der Waals surface area contributed by atoms with E-state index in [1.165, 1.54) is 12.1 Å². The summed E-state index contributed by atoms with van der Waals surface area (Å²) >= 11 is 0. The minimum Gasteiger partial charge on any atom is -0.494 e. The molecule has 0 radical (unpaired) electrons. The zero-order valence-electron chi connectivity index (χ0n) is 20.1. The van der Waals surface area contributed by atoms with Crippen molar-refractivity contribution in [2.45, 2.75) is 29.4 Å². The van der Waals surface area contributed by atoms with Gasteiger partial charge in [0.05, 0.1) is 17.3 Å². The lowest BCUT2D eigenvalue weighted by atomic mass is 9.85. The molecule has 1 aliphatic heterocycles. The molecule has 3 aromatic rings. The molecule has 1 amide bonds. The minimum atomic E-state index is -3.71. The lowest BCUT2D eigenvalue weighted by Crippen LogP contribution is -2.51. The largest absolute Gasteiger partial charge is 0.494 e. The van der Waals surface area contributed by atoms with Crippen molar-refractivity contribution in [1.29, 1.82) is 0 Å². The van der Waals surface area contributed by atoms with Crippen LogP contribution in [-0.4, -0.2) is 49.8 Å². The maximum atomic E-state index is 13.3. The standard InChI is InChI=1S/C27H29N3O6S/c28-30-26(32)27(16-19-37(33,34)23-10-5-2-6-11-23)24(20-8-3-1-4-9-20)36-25(29-27)21-12-14-22(15-13-21)35-18-7-17-31/h1-6,8-15,24,31H,7,16-19,28H2,(H,30,32)/t24-,27-/m0/s1. The number of carbonyl (C=O) groups excluding carboxylic acids is 1. The second-order valence-electron chi connectivity index (χ2n) is 8.56. The van der Waals surface area contributed by atoms with Crippen LogP contribution in [0.2, 0.25) is 0 Å². The molecule has 0 unspecified atom stereocenters. The number of hydrogen-bond donors (Lipinski definition) is 3. The molecule has 1 heterocycles. The third kappa shape index (κ3) is 5.82. The van der Waals surface area contributed by atoms with Gasteiger partial charge in [0, 0.05) is 25.0 Å². The van der Waals surface area contributed by atoms with Gasteiger partial charge in [-0.2, -0.15) is 0 Å². The van der Waals surface area contributed by atoms with Crippen LogP contribution in [0.4, 0.5) is 0 Å². The number of amides is 1.